The summed E-state index contributed by atoms with van der Waals surface area (Å²) in [6.45, 7) is 0. The third-order valence-electron chi connectivity index (χ3n) is 3.17. The van der Waals surface area contributed by atoms with Gasteiger partial charge in [-0.05, 0) is 5.56 Å². The van der Waals surface area contributed by atoms with Crippen molar-refractivity contribution in [2.45, 2.75) is 5.92 Å². The summed E-state index contributed by atoms with van der Waals surface area (Å²) >= 11 is 0. The van der Waals surface area contributed by atoms with E-state index in [-0.39, 0.29) is 0 Å². The maximum Gasteiger partial charge on any atom is 0.172 e. The van der Waals surface area contributed by atoms with Gasteiger partial charge < -0.3 is 0 Å². The Kier molecular flexibility index (Phi) is 3.66. The first-order valence-electron chi connectivity index (χ1n) is 6.58. The minimum absolute atomic E-state index is 0.420. The molecule has 0 radical (unpaired) electrons. The highest BCUT2D eigenvalue weighted by atomic mass is 15.2. The lowest BCUT2D eigenvalue weighted by atomic mass is 10.0. The number of benzene rings is 2. The van der Waals surface area contributed by atoms with Gasteiger partial charge in [-0.3, -0.25) is 0 Å². The quantitative estimate of drug-likeness (QED) is 0.734. The largest absolute Gasteiger partial charge is 0.236 e. The lowest BCUT2D eigenvalue weighted by Crippen LogP contribution is -2.06. The van der Waals surface area contributed by atoms with Crippen molar-refractivity contribution < 1.29 is 0 Å². The molecular weight excluding hydrogens is 260 g/mol. The van der Waals surface area contributed by atoms with E-state index in [9.17, 15) is 5.26 Å². The molecule has 0 fully saturated rings. The Morgan fingerprint density at radius 1 is 0.857 bits per heavy atom. The van der Waals surface area contributed by atoms with Gasteiger partial charge in [0, 0.05) is 5.56 Å². The molecule has 0 saturated carbocycles. The van der Waals surface area contributed by atoms with Gasteiger partial charge >= 0.3 is 0 Å². The molecule has 4 heteroatoms. The SMILES string of the molecule is N#CC(c1ccccc1)c1ncc(-c2ccccc2)nn1. The summed E-state index contributed by atoms with van der Waals surface area (Å²) in [5, 5.41) is 17.7. The van der Waals surface area contributed by atoms with Crippen LogP contribution in [0.4, 0.5) is 0 Å². The van der Waals surface area contributed by atoms with Crippen LogP contribution in [0.2, 0.25) is 0 Å². The molecule has 21 heavy (non-hydrogen) atoms. The van der Waals surface area contributed by atoms with Gasteiger partial charge in [-0.1, -0.05) is 60.7 Å². The zero-order valence-electron chi connectivity index (χ0n) is 11.2. The number of nitriles is 1. The number of hydrogen-bond acceptors (Lipinski definition) is 4. The molecule has 3 aromatic rings. The maximum atomic E-state index is 9.36. The molecule has 2 aromatic carbocycles. The average molecular weight is 272 g/mol. The summed E-state index contributed by atoms with van der Waals surface area (Å²) in [4.78, 5) is 4.31. The Labute approximate surface area is 122 Å². The first-order chi connectivity index (χ1) is 10.4. The van der Waals surface area contributed by atoms with Crippen molar-refractivity contribution in [3.8, 4) is 17.3 Å². The molecule has 3 rings (SSSR count). The topological polar surface area (TPSA) is 62.5 Å². The molecule has 100 valence electrons. The van der Waals surface area contributed by atoms with E-state index in [2.05, 4.69) is 21.3 Å². The van der Waals surface area contributed by atoms with E-state index in [1.165, 1.54) is 0 Å². The van der Waals surface area contributed by atoms with E-state index in [4.69, 9.17) is 0 Å². The van der Waals surface area contributed by atoms with Crippen LogP contribution < -0.4 is 0 Å². The maximum absolute atomic E-state index is 9.36. The number of aromatic nitrogens is 3. The van der Waals surface area contributed by atoms with Crippen molar-refractivity contribution in [2.24, 2.45) is 0 Å². The van der Waals surface area contributed by atoms with Crippen LogP contribution in [0.3, 0.4) is 0 Å². The van der Waals surface area contributed by atoms with Gasteiger partial charge in [-0.15, -0.1) is 10.2 Å². The van der Waals surface area contributed by atoms with Crippen molar-refractivity contribution in [1.29, 1.82) is 5.26 Å². The molecule has 0 amide bonds. The third kappa shape index (κ3) is 2.77. The second kappa shape index (κ2) is 5.93. The molecule has 1 aromatic heterocycles. The predicted octanol–water partition coefficient (Wildman–Crippen LogP) is 3.19. The summed E-state index contributed by atoms with van der Waals surface area (Å²) < 4.78 is 0. The summed E-state index contributed by atoms with van der Waals surface area (Å²) in [5.41, 5.74) is 2.52. The van der Waals surface area contributed by atoms with Gasteiger partial charge in [-0.25, -0.2) is 4.98 Å². The summed E-state index contributed by atoms with van der Waals surface area (Å²) in [7, 11) is 0. The third-order valence-corrected chi connectivity index (χ3v) is 3.17. The lowest BCUT2D eigenvalue weighted by Gasteiger charge is -2.07. The van der Waals surface area contributed by atoms with E-state index >= 15 is 0 Å². The highest BCUT2D eigenvalue weighted by Crippen LogP contribution is 2.21. The van der Waals surface area contributed by atoms with Gasteiger partial charge in [0.15, 0.2) is 5.82 Å². The van der Waals surface area contributed by atoms with Gasteiger partial charge in [0.1, 0.15) is 11.6 Å². The zero-order valence-corrected chi connectivity index (χ0v) is 11.2. The highest BCUT2D eigenvalue weighted by molar-refractivity contribution is 5.57. The minimum atomic E-state index is -0.497. The van der Waals surface area contributed by atoms with Crippen molar-refractivity contribution in [1.82, 2.24) is 15.2 Å². The molecule has 4 nitrogen and oxygen atoms in total. The van der Waals surface area contributed by atoms with Crippen molar-refractivity contribution in [3.63, 3.8) is 0 Å². The molecule has 0 aliphatic heterocycles. The Hall–Kier alpha value is -3.06. The van der Waals surface area contributed by atoms with Gasteiger partial charge in [0.2, 0.25) is 0 Å². The van der Waals surface area contributed by atoms with Crippen LogP contribution >= 0.6 is 0 Å². The molecule has 1 unspecified atom stereocenters. The molecule has 1 atom stereocenters. The van der Waals surface area contributed by atoms with E-state index in [0.29, 0.717) is 11.5 Å². The van der Waals surface area contributed by atoms with Crippen LogP contribution in [0.5, 0.6) is 0 Å². The van der Waals surface area contributed by atoms with Crippen molar-refractivity contribution in [2.75, 3.05) is 0 Å². The second-order valence-corrected chi connectivity index (χ2v) is 4.54. The summed E-state index contributed by atoms with van der Waals surface area (Å²) in [5.74, 6) is -0.0769. The van der Waals surface area contributed by atoms with Gasteiger partial charge in [0.25, 0.3) is 0 Å². The van der Waals surface area contributed by atoms with E-state index in [0.717, 1.165) is 11.1 Å². The Morgan fingerprint density at radius 3 is 2.10 bits per heavy atom. The molecule has 0 aliphatic rings. The van der Waals surface area contributed by atoms with Crippen LogP contribution in [-0.2, 0) is 0 Å². The van der Waals surface area contributed by atoms with Crippen LogP contribution in [0.15, 0.2) is 66.9 Å². The molecule has 0 aliphatic carbocycles. The molecule has 0 bridgehead atoms. The minimum Gasteiger partial charge on any atom is -0.236 e. The fraction of sp³-hybridized carbons (Fsp3) is 0.0588. The van der Waals surface area contributed by atoms with E-state index < -0.39 is 5.92 Å². The Morgan fingerprint density at radius 2 is 1.52 bits per heavy atom. The monoisotopic (exact) mass is 272 g/mol. The summed E-state index contributed by atoms with van der Waals surface area (Å²) in [6.07, 6.45) is 1.66. The molecule has 0 N–H and O–H groups in total. The van der Waals surface area contributed by atoms with Crippen molar-refractivity contribution in [3.05, 3.63) is 78.2 Å². The number of hydrogen-bond donors (Lipinski definition) is 0. The van der Waals surface area contributed by atoms with Crippen LogP contribution in [0.1, 0.15) is 17.3 Å². The van der Waals surface area contributed by atoms with Crippen molar-refractivity contribution >= 4 is 0 Å². The Balaban J connectivity index is 1.92. The highest BCUT2D eigenvalue weighted by Gasteiger charge is 2.16. The first-order valence-corrected chi connectivity index (χ1v) is 6.58. The molecule has 1 heterocycles. The van der Waals surface area contributed by atoms with Gasteiger partial charge in [0.05, 0.1) is 12.3 Å². The second-order valence-electron chi connectivity index (χ2n) is 4.54. The summed E-state index contributed by atoms with van der Waals surface area (Å²) in [6, 6.07) is 21.4. The molecular formula is C17H12N4. The number of nitrogens with zero attached hydrogens (tertiary/aromatic N) is 4. The predicted molar refractivity (Wildman–Crippen MR) is 79.2 cm³/mol. The zero-order chi connectivity index (χ0) is 14.5. The molecule has 0 saturated heterocycles. The van der Waals surface area contributed by atoms with Crippen LogP contribution in [0, 0.1) is 11.3 Å². The number of rotatable bonds is 3. The fourth-order valence-corrected chi connectivity index (χ4v) is 2.08. The smallest absolute Gasteiger partial charge is 0.172 e. The van der Waals surface area contributed by atoms with Crippen LogP contribution in [-0.4, -0.2) is 15.2 Å². The van der Waals surface area contributed by atoms with E-state index in [1.54, 1.807) is 6.20 Å². The standard InChI is InChI=1S/C17H12N4/c18-11-15(13-7-3-1-4-8-13)17-19-12-16(20-21-17)14-9-5-2-6-10-14/h1-10,12,15H. The van der Waals surface area contributed by atoms with Gasteiger partial charge in [-0.2, -0.15) is 5.26 Å². The van der Waals surface area contributed by atoms with E-state index in [1.807, 2.05) is 60.7 Å². The lowest BCUT2D eigenvalue weighted by molar-refractivity contribution is 0.823. The average Bonchev–Trinajstić information content (AvgIpc) is 2.58. The first kappa shape index (κ1) is 12.9. The molecule has 0 spiro atoms. The fourth-order valence-electron chi connectivity index (χ4n) is 2.08. The normalized spacial score (nSPS) is 11.6. The Bertz CT molecular complexity index is 746. The van der Waals surface area contributed by atoms with Crippen LogP contribution in [0.25, 0.3) is 11.3 Å².